The summed E-state index contributed by atoms with van der Waals surface area (Å²) in [6.07, 6.45) is 0.886. The second-order valence-corrected chi connectivity index (χ2v) is 6.50. The third-order valence-corrected chi connectivity index (χ3v) is 4.46. The van der Waals surface area contributed by atoms with Gasteiger partial charge in [-0.05, 0) is 48.7 Å². The molecule has 0 bridgehead atoms. The molecular formula is C18H17FN6O. The molecule has 0 saturated heterocycles. The number of pyridine rings is 1. The summed E-state index contributed by atoms with van der Waals surface area (Å²) in [5.41, 5.74) is 15.5. The summed E-state index contributed by atoms with van der Waals surface area (Å²) in [6, 6.07) is 7.16. The van der Waals surface area contributed by atoms with Crippen molar-refractivity contribution in [2.45, 2.75) is 19.5 Å². The number of nitrogens with zero attached hydrogens (tertiary/aromatic N) is 3. The summed E-state index contributed by atoms with van der Waals surface area (Å²) in [6.45, 7) is 1.94. The van der Waals surface area contributed by atoms with Crippen LogP contribution >= 0.6 is 0 Å². The Labute approximate surface area is 148 Å². The van der Waals surface area contributed by atoms with E-state index in [2.05, 4.69) is 20.5 Å². The van der Waals surface area contributed by atoms with E-state index in [0.29, 0.717) is 22.4 Å². The van der Waals surface area contributed by atoms with Crippen LogP contribution in [0.2, 0.25) is 0 Å². The Morgan fingerprint density at radius 3 is 2.69 bits per heavy atom. The van der Waals surface area contributed by atoms with Crippen LogP contribution in [0.15, 0.2) is 30.5 Å². The van der Waals surface area contributed by atoms with Crippen molar-refractivity contribution in [3.05, 3.63) is 36.0 Å². The molecule has 1 aromatic carbocycles. The first-order valence-corrected chi connectivity index (χ1v) is 8.17. The molecule has 0 spiro atoms. The van der Waals surface area contributed by atoms with Crippen LogP contribution in [-0.4, -0.2) is 27.3 Å². The van der Waals surface area contributed by atoms with Crippen LogP contribution in [0.25, 0.3) is 22.0 Å². The minimum Gasteiger partial charge on any atom is -0.397 e. The molecule has 132 valence electrons. The summed E-state index contributed by atoms with van der Waals surface area (Å²) in [5.74, 6) is -0.256. The van der Waals surface area contributed by atoms with E-state index in [1.54, 1.807) is 24.4 Å². The Kier molecular flexibility index (Phi) is 3.68. The highest BCUT2D eigenvalue weighted by Crippen LogP contribution is 2.35. The van der Waals surface area contributed by atoms with Gasteiger partial charge >= 0.3 is 0 Å². The maximum absolute atomic E-state index is 13.0. The Bertz CT molecular complexity index is 1040. The van der Waals surface area contributed by atoms with Gasteiger partial charge < -0.3 is 16.8 Å². The third-order valence-electron chi connectivity index (χ3n) is 4.46. The fraction of sp³-hybridized carbons (Fsp3) is 0.222. The van der Waals surface area contributed by atoms with E-state index >= 15 is 0 Å². The number of aromatic nitrogens is 3. The molecule has 1 aliphatic carbocycles. The van der Waals surface area contributed by atoms with Gasteiger partial charge in [0.1, 0.15) is 17.5 Å². The quantitative estimate of drug-likeness (QED) is 0.623. The number of rotatable bonds is 3. The largest absolute Gasteiger partial charge is 0.397 e. The van der Waals surface area contributed by atoms with Crippen molar-refractivity contribution in [3.8, 4) is 11.1 Å². The first kappa shape index (κ1) is 16.2. The van der Waals surface area contributed by atoms with Crippen LogP contribution in [0.4, 0.5) is 21.7 Å². The van der Waals surface area contributed by atoms with Crippen molar-refractivity contribution in [1.29, 1.82) is 0 Å². The van der Waals surface area contributed by atoms with Crippen molar-refractivity contribution >= 4 is 34.1 Å². The van der Waals surface area contributed by atoms with E-state index in [1.165, 1.54) is 0 Å². The molecule has 0 aliphatic heterocycles. The lowest BCUT2D eigenvalue weighted by Crippen LogP contribution is -2.16. The van der Waals surface area contributed by atoms with E-state index in [9.17, 15) is 9.18 Å². The van der Waals surface area contributed by atoms with Crippen molar-refractivity contribution < 1.29 is 9.18 Å². The van der Waals surface area contributed by atoms with Gasteiger partial charge in [-0.1, -0.05) is 0 Å². The number of amides is 1. The zero-order valence-corrected chi connectivity index (χ0v) is 14.0. The van der Waals surface area contributed by atoms with E-state index in [0.717, 1.165) is 16.7 Å². The van der Waals surface area contributed by atoms with E-state index in [1.807, 2.05) is 13.0 Å². The highest BCUT2D eigenvalue weighted by atomic mass is 19.1. The van der Waals surface area contributed by atoms with Crippen molar-refractivity contribution in [1.82, 2.24) is 15.2 Å². The third kappa shape index (κ3) is 2.90. The fourth-order valence-electron chi connectivity index (χ4n) is 2.94. The average Bonchev–Trinajstić information content (AvgIpc) is 3.31. The molecule has 0 radical (unpaired) electrons. The van der Waals surface area contributed by atoms with E-state index in [4.69, 9.17) is 11.5 Å². The van der Waals surface area contributed by atoms with Crippen molar-refractivity contribution in [3.63, 3.8) is 0 Å². The second-order valence-electron chi connectivity index (χ2n) is 6.50. The van der Waals surface area contributed by atoms with Crippen LogP contribution < -0.4 is 16.8 Å². The zero-order chi connectivity index (χ0) is 18.4. The van der Waals surface area contributed by atoms with Crippen LogP contribution in [0.1, 0.15) is 12.0 Å². The van der Waals surface area contributed by atoms with Gasteiger partial charge in [0.25, 0.3) is 0 Å². The normalized spacial score (nSPS) is 18.7. The molecule has 8 heteroatoms. The molecular weight excluding hydrogens is 335 g/mol. The number of hydrogen-bond acceptors (Lipinski definition) is 6. The molecule has 1 saturated carbocycles. The number of aryl methyl sites for hydroxylation is 1. The van der Waals surface area contributed by atoms with Gasteiger partial charge in [0.15, 0.2) is 5.82 Å². The van der Waals surface area contributed by atoms with Crippen molar-refractivity contribution in [2.75, 3.05) is 16.8 Å². The number of anilines is 3. The van der Waals surface area contributed by atoms with E-state index < -0.39 is 12.1 Å². The summed E-state index contributed by atoms with van der Waals surface area (Å²) in [7, 11) is 0. The minimum absolute atomic E-state index is 0.257. The van der Waals surface area contributed by atoms with Gasteiger partial charge in [-0.2, -0.15) is 0 Å². The molecule has 1 fully saturated rings. The standard InChI is InChI=1S/C18H17FN6O/c1-8-2-15(21)22-7-12(8)9-3-10-5-16(23-18(26)11-6-13(11)19)24-25-17(10)14(20)4-9/h2-5,7,11,13H,6,20H2,1H3,(H2,21,22)(H,23,24,26)/t11-,13+/m1/s1. The smallest absolute Gasteiger partial charge is 0.231 e. The van der Waals surface area contributed by atoms with Crippen LogP contribution in [0, 0.1) is 12.8 Å². The van der Waals surface area contributed by atoms with Gasteiger partial charge in [0.05, 0.1) is 11.6 Å². The molecule has 1 aliphatic rings. The first-order chi connectivity index (χ1) is 12.4. The Morgan fingerprint density at radius 1 is 1.23 bits per heavy atom. The summed E-state index contributed by atoms with van der Waals surface area (Å²) in [4.78, 5) is 16.0. The lowest BCUT2D eigenvalue weighted by Gasteiger charge is -2.10. The molecule has 26 heavy (non-hydrogen) atoms. The van der Waals surface area contributed by atoms with Gasteiger partial charge in [-0.15, -0.1) is 10.2 Å². The van der Waals surface area contributed by atoms with Gasteiger partial charge in [-0.3, -0.25) is 4.79 Å². The number of alkyl halides is 1. The molecule has 2 atom stereocenters. The highest BCUT2D eigenvalue weighted by Gasteiger charge is 2.43. The number of carbonyl (C=O) groups is 1. The van der Waals surface area contributed by atoms with Gasteiger partial charge in [-0.25, -0.2) is 9.37 Å². The molecule has 3 aromatic rings. The second kappa shape index (κ2) is 5.91. The molecule has 4 rings (SSSR count). The number of halogens is 1. The summed E-state index contributed by atoms with van der Waals surface area (Å²) >= 11 is 0. The zero-order valence-electron chi connectivity index (χ0n) is 14.0. The number of nitrogen functional groups attached to an aromatic ring is 2. The highest BCUT2D eigenvalue weighted by molar-refractivity contribution is 5.98. The lowest BCUT2D eigenvalue weighted by molar-refractivity contribution is -0.117. The first-order valence-electron chi connectivity index (χ1n) is 8.17. The Balaban J connectivity index is 1.73. The predicted molar refractivity (Wildman–Crippen MR) is 98.0 cm³/mol. The van der Waals surface area contributed by atoms with Crippen LogP contribution in [-0.2, 0) is 4.79 Å². The summed E-state index contributed by atoms with van der Waals surface area (Å²) < 4.78 is 13.0. The predicted octanol–water partition coefficient (Wildman–Crippen LogP) is 2.46. The SMILES string of the molecule is Cc1cc(N)ncc1-c1cc(N)c2nnc(NC(=O)[C@@H]3C[C@@H]3F)cc2c1. The van der Waals surface area contributed by atoms with Gasteiger partial charge in [0.2, 0.25) is 5.91 Å². The number of carbonyl (C=O) groups excluding carboxylic acids is 1. The van der Waals surface area contributed by atoms with Crippen LogP contribution in [0.5, 0.6) is 0 Å². The maximum Gasteiger partial charge on any atom is 0.231 e. The molecule has 1 amide bonds. The van der Waals surface area contributed by atoms with Crippen LogP contribution in [0.3, 0.4) is 0 Å². The molecule has 7 nitrogen and oxygen atoms in total. The van der Waals surface area contributed by atoms with Crippen molar-refractivity contribution in [2.24, 2.45) is 5.92 Å². The number of nitrogens with two attached hydrogens (primary N) is 2. The van der Waals surface area contributed by atoms with Gasteiger partial charge in [0, 0.05) is 17.1 Å². The molecule has 5 N–H and O–H groups in total. The monoisotopic (exact) mass is 352 g/mol. The number of hydrogen-bond donors (Lipinski definition) is 3. The van der Waals surface area contributed by atoms with E-state index in [-0.39, 0.29) is 18.1 Å². The molecule has 2 heterocycles. The number of fused-ring (bicyclic) bond motifs is 1. The Hall–Kier alpha value is -3.29. The fourth-order valence-corrected chi connectivity index (χ4v) is 2.94. The topological polar surface area (TPSA) is 120 Å². The maximum atomic E-state index is 13.0. The number of benzene rings is 1. The lowest BCUT2D eigenvalue weighted by atomic mass is 10.00. The molecule has 0 unspecified atom stereocenters. The number of nitrogens with one attached hydrogen (secondary N) is 1. The summed E-state index contributed by atoms with van der Waals surface area (Å²) in [5, 5.41) is 11.4. The average molecular weight is 352 g/mol. The minimum atomic E-state index is -1.06. The molecule has 2 aromatic heterocycles. The Morgan fingerprint density at radius 2 is 2.00 bits per heavy atom.